The molecule has 1 aliphatic heterocycles. The third kappa shape index (κ3) is 2.72. The van der Waals surface area contributed by atoms with Gasteiger partial charge >= 0.3 is 0 Å². The molecule has 1 N–H and O–H groups in total. The van der Waals surface area contributed by atoms with Gasteiger partial charge in [-0.05, 0) is 38.8 Å². The van der Waals surface area contributed by atoms with Gasteiger partial charge in [0.05, 0.1) is 13.3 Å². The molecule has 5 heteroatoms. The van der Waals surface area contributed by atoms with E-state index in [1.807, 2.05) is 6.92 Å². The molecule has 1 unspecified atom stereocenters. The molecule has 0 saturated carbocycles. The molecule has 0 aromatic carbocycles. The molecule has 0 bridgehead atoms. The normalized spacial score (nSPS) is 19.1. The Balaban J connectivity index is 2.00. The SMILES string of the molecule is CCn1ncc(OC)c1C(=O)CCC1CCNC1. The first-order valence-electron chi connectivity index (χ1n) is 6.60. The van der Waals surface area contributed by atoms with E-state index in [0.717, 1.165) is 19.5 Å². The summed E-state index contributed by atoms with van der Waals surface area (Å²) >= 11 is 0. The zero-order valence-electron chi connectivity index (χ0n) is 11.1. The van der Waals surface area contributed by atoms with Crippen molar-refractivity contribution in [3.8, 4) is 5.75 Å². The van der Waals surface area contributed by atoms with Crippen LogP contribution in [0.3, 0.4) is 0 Å². The molecule has 18 heavy (non-hydrogen) atoms. The summed E-state index contributed by atoms with van der Waals surface area (Å²) in [6.07, 6.45) is 4.32. The molecule has 1 aliphatic rings. The summed E-state index contributed by atoms with van der Waals surface area (Å²) in [6.45, 7) is 4.78. The number of aromatic nitrogens is 2. The van der Waals surface area contributed by atoms with Crippen molar-refractivity contribution >= 4 is 5.78 Å². The van der Waals surface area contributed by atoms with Gasteiger partial charge < -0.3 is 10.1 Å². The molecule has 100 valence electrons. The monoisotopic (exact) mass is 251 g/mol. The predicted octanol–water partition coefficient (Wildman–Crippen LogP) is 1.48. The number of nitrogens with one attached hydrogen (secondary N) is 1. The number of nitrogens with zero attached hydrogens (tertiary/aromatic N) is 2. The third-order valence-electron chi connectivity index (χ3n) is 3.53. The van der Waals surface area contributed by atoms with Crippen LogP contribution in [0.2, 0.25) is 0 Å². The Morgan fingerprint density at radius 1 is 1.67 bits per heavy atom. The van der Waals surface area contributed by atoms with Gasteiger partial charge in [-0.15, -0.1) is 0 Å². The molecule has 0 radical (unpaired) electrons. The maximum Gasteiger partial charge on any atom is 0.184 e. The Bertz CT molecular complexity index is 387. The van der Waals surface area contributed by atoms with Crippen molar-refractivity contribution in [2.45, 2.75) is 32.7 Å². The fourth-order valence-electron chi connectivity index (χ4n) is 2.45. The molecule has 1 saturated heterocycles. The molecule has 5 nitrogen and oxygen atoms in total. The lowest BCUT2D eigenvalue weighted by Gasteiger charge is -2.09. The van der Waals surface area contributed by atoms with Crippen molar-refractivity contribution in [3.05, 3.63) is 11.9 Å². The van der Waals surface area contributed by atoms with Gasteiger partial charge in [0.2, 0.25) is 0 Å². The van der Waals surface area contributed by atoms with Crippen molar-refractivity contribution in [3.63, 3.8) is 0 Å². The largest absolute Gasteiger partial charge is 0.493 e. The molecule has 1 atom stereocenters. The first-order chi connectivity index (χ1) is 8.76. The summed E-state index contributed by atoms with van der Waals surface area (Å²) in [5, 5.41) is 7.49. The van der Waals surface area contributed by atoms with E-state index in [-0.39, 0.29) is 5.78 Å². The highest BCUT2D eigenvalue weighted by atomic mass is 16.5. The van der Waals surface area contributed by atoms with E-state index < -0.39 is 0 Å². The standard InChI is InChI=1S/C13H21N3O2/c1-3-16-13(12(18-2)9-15-16)11(17)5-4-10-6-7-14-8-10/h9-10,14H,3-8H2,1-2H3. The van der Waals surface area contributed by atoms with E-state index in [4.69, 9.17) is 4.74 Å². The zero-order valence-corrected chi connectivity index (χ0v) is 11.1. The Hall–Kier alpha value is -1.36. The van der Waals surface area contributed by atoms with E-state index >= 15 is 0 Å². The second-order valence-corrected chi connectivity index (χ2v) is 4.70. The van der Waals surface area contributed by atoms with Crippen molar-refractivity contribution in [2.24, 2.45) is 5.92 Å². The number of rotatable bonds is 6. The number of aryl methyl sites for hydroxylation is 1. The van der Waals surface area contributed by atoms with Crippen LogP contribution in [0.4, 0.5) is 0 Å². The smallest absolute Gasteiger partial charge is 0.184 e. The number of hydrogen-bond acceptors (Lipinski definition) is 4. The Kier molecular flexibility index (Phi) is 4.36. The summed E-state index contributed by atoms with van der Waals surface area (Å²) in [5.74, 6) is 1.36. The van der Waals surface area contributed by atoms with Crippen LogP contribution in [0.5, 0.6) is 5.75 Å². The van der Waals surface area contributed by atoms with Gasteiger partial charge in [-0.25, -0.2) is 0 Å². The van der Waals surface area contributed by atoms with Crippen molar-refractivity contribution in [1.29, 1.82) is 0 Å². The molecule has 1 aromatic rings. The summed E-state index contributed by atoms with van der Waals surface area (Å²) in [5.41, 5.74) is 0.617. The summed E-state index contributed by atoms with van der Waals surface area (Å²) in [6, 6.07) is 0. The molecule has 0 aliphatic carbocycles. The highest BCUT2D eigenvalue weighted by Gasteiger charge is 2.21. The second-order valence-electron chi connectivity index (χ2n) is 4.70. The second kappa shape index (κ2) is 6.00. The minimum Gasteiger partial charge on any atom is -0.493 e. The van der Waals surface area contributed by atoms with E-state index in [0.29, 0.717) is 30.3 Å². The third-order valence-corrected chi connectivity index (χ3v) is 3.53. The highest BCUT2D eigenvalue weighted by Crippen LogP contribution is 2.22. The Morgan fingerprint density at radius 3 is 3.11 bits per heavy atom. The minimum atomic E-state index is 0.137. The molecular weight excluding hydrogens is 230 g/mol. The van der Waals surface area contributed by atoms with Gasteiger partial charge in [-0.1, -0.05) is 0 Å². The Morgan fingerprint density at radius 2 is 2.50 bits per heavy atom. The van der Waals surface area contributed by atoms with Gasteiger partial charge in [0.25, 0.3) is 0 Å². The number of ether oxygens (including phenoxy) is 1. The van der Waals surface area contributed by atoms with Crippen LogP contribution in [0.1, 0.15) is 36.7 Å². The van der Waals surface area contributed by atoms with Gasteiger partial charge in [0.15, 0.2) is 11.5 Å². The van der Waals surface area contributed by atoms with Crippen LogP contribution in [0.25, 0.3) is 0 Å². The molecule has 1 aromatic heterocycles. The number of methoxy groups -OCH3 is 1. The lowest BCUT2D eigenvalue weighted by atomic mass is 10.00. The number of hydrogen-bond donors (Lipinski definition) is 1. The molecule has 2 rings (SSSR count). The fourth-order valence-corrected chi connectivity index (χ4v) is 2.45. The summed E-state index contributed by atoms with van der Waals surface area (Å²) < 4.78 is 6.92. The van der Waals surface area contributed by atoms with Crippen molar-refractivity contribution in [1.82, 2.24) is 15.1 Å². The number of Topliss-reactive ketones (excluding diaryl/α,β-unsaturated/α-hetero) is 1. The van der Waals surface area contributed by atoms with Crippen molar-refractivity contribution < 1.29 is 9.53 Å². The van der Waals surface area contributed by atoms with Gasteiger partial charge in [0, 0.05) is 13.0 Å². The van der Waals surface area contributed by atoms with Gasteiger partial charge in [0.1, 0.15) is 5.69 Å². The van der Waals surface area contributed by atoms with Crippen LogP contribution < -0.4 is 10.1 Å². The van der Waals surface area contributed by atoms with Crippen molar-refractivity contribution in [2.75, 3.05) is 20.2 Å². The van der Waals surface area contributed by atoms with E-state index in [1.54, 1.807) is 18.0 Å². The number of ketones is 1. The Labute approximate surface area is 108 Å². The summed E-state index contributed by atoms with van der Waals surface area (Å²) in [7, 11) is 1.58. The molecule has 0 spiro atoms. The fraction of sp³-hybridized carbons (Fsp3) is 0.692. The average molecular weight is 251 g/mol. The molecule has 0 amide bonds. The predicted molar refractivity (Wildman–Crippen MR) is 69.0 cm³/mol. The van der Waals surface area contributed by atoms with Crippen LogP contribution in [-0.4, -0.2) is 35.8 Å². The molecular formula is C13H21N3O2. The lowest BCUT2D eigenvalue weighted by Crippen LogP contribution is -2.13. The molecule has 2 heterocycles. The minimum absolute atomic E-state index is 0.137. The van der Waals surface area contributed by atoms with E-state index in [9.17, 15) is 4.79 Å². The maximum atomic E-state index is 12.3. The maximum absolute atomic E-state index is 12.3. The van der Waals surface area contributed by atoms with E-state index in [2.05, 4.69) is 10.4 Å². The lowest BCUT2D eigenvalue weighted by molar-refractivity contribution is 0.0961. The van der Waals surface area contributed by atoms with Gasteiger partial charge in [-0.3, -0.25) is 9.48 Å². The highest BCUT2D eigenvalue weighted by molar-refractivity contribution is 5.97. The van der Waals surface area contributed by atoms with E-state index in [1.165, 1.54) is 6.42 Å². The number of carbonyl (C=O) groups excluding carboxylic acids is 1. The topological polar surface area (TPSA) is 56.2 Å². The number of carbonyl (C=O) groups is 1. The first kappa shape index (κ1) is 13.1. The summed E-state index contributed by atoms with van der Waals surface area (Å²) in [4.78, 5) is 12.3. The average Bonchev–Trinajstić information content (AvgIpc) is 3.04. The first-order valence-corrected chi connectivity index (χ1v) is 6.60. The van der Waals surface area contributed by atoms with Crippen LogP contribution in [0, 0.1) is 5.92 Å². The zero-order chi connectivity index (χ0) is 13.0. The van der Waals surface area contributed by atoms with Crippen LogP contribution in [-0.2, 0) is 6.54 Å². The van der Waals surface area contributed by atoms with Crippen LogP contribution in [0.15, 0.2) is 6.20 Å². The molecule has 1 fully saturated rings. The van der Waals surface area contributed by atoms with Gasteiger partial charge in [-0.2, -0.15) is 5.10 Å². The quantitative estimate of drug-likeness (QED) is 0.778. The van der Waals surface area contributed by atoms with Crippen LogP contribution >= 0.6 is 0 Å².